The van der Waals surface area contributed by atoms with E-state index < -0.39 is 0 Å². The monoisotopic (exact) mass is 338 g/mol. The lowest BCUT2D eigenvalue weighted by Crippen LogP contribution is -2.17. The van der Waals surface area contributed by atoms with Crippen LogP contribution in [0.25, 0.3) is 0 Å². The largest absolute Gasteiger partial charge is 0.136 e. The SMILES string of the molecule is Cc1ccccc1P(Cc1[pH]cc(C)c1C)c1ccccc1C. The Labute approximate surface area is 142 Å². The molecular weight excluding hydrogens is 314 g/mol. The fourth-order valence-corrected chi connectivity index (χ4v) is 7.55. The van der Waals surface area contributed by atoms with Gasteiger partial charge in [0, 0.05) is 6.16 Å². The van der Waals surface area contributed by atoms with Gasteiger partial charge in [-0.15, -0.1) is 8.19 Å². The highest BCUT2D eigenvalue weighted by Gasteiger charge is 2.19. The predicted molar refractivity (Wildman–Crippen MR) is 108 cm³/mol. The number of benzene rings is 2. The summed E-state index contributed by atoms with van der Waals surface area (Å²) in [5.74, 6) is 2.41. The number of hydrogen-bond acceptors (Lipinski definition) is 0. The van der Waals surface area contributed by atoms with Gasteiger partial charge in [-0.1, -0.05) is 48.5 Å². The molecule has 0 aliphatic rings. The summed E-state index contributed by atoms with van der Waals surface area (Å²) in [6.45, 7) is 9.05. The normalized spacial score (nSPS) is 11.5. The van der Waals surface area contributed by atoms with Gasteiger partial charge in [-0.2, -0.15) is 0 Å². The Kier molecular flexibility index (Phi) is 5.05. The number of rotatable bonds is 4. The van der Waals surface area contributed by atoms with Crippen molar-refractivity contribution in [2.45, 2.75) is 33.9 Å². The summed E-state index contributed by atoms with van der Waals surface area (Å²) >= 11 is 0. The van der Waals surface area contributed by atoms with E-state index in [9.17, 15) is 0 Å². The van der Waals surface area contributed by atoms with E-state index in [1.54, 1.807) is 5.30 Å². The molecule has 118 valence electrons. The molecule has 0 saturated carbocycles. The lowest BCUT2D eigenvalue weighted by Gasteiger charge is -2.22. The highest BCUT2D eigenvalue weighted by Crippen LogP contribution is 2.43. The predicted octanol–water partition coefficient (Wildman–Crippen LogP) is 5.58. The molecule has 1 heterocycles. The zero-order chi connectivity index (χ0) is 16.4. The molecule has 23 heavy (non-hydrogen) atoms. The van der Waals surface area contributed by atoms with Gasteiger partial charge in [0.25, 0.3) is 0 Å². The molecule has 0 radical (unpaired) electrons. The first-order valence-electron chi connectivity index (χ1n) is 8.10. The minimum Gasteiger partial charge on any atom is -0.136 e. The third kappa shape index (κ3) is 3.45. The van der Waals surface area contributed by atoms with Crippen LogP contribution in [0.15, 0.2) is 54.3 Å². The minimum absolute atomic E-state index is 0.334. The molecule has 3 aromatic rings. The Morgan fingerprint density at radius 3 is 1.70 bits per heavy atom. The van der Waals surface area contributed by atoms with Crippen molar-refractivity contribution >= 4 is 26.7 Å². The Morgan fingerprint density at radius 1 is 0.739 bits per heavy atom. The molecule has 1 unspecified atom stereocenters. The second-order valence-corrected chi connectivity index (χ2v) is 9.55. The molecule has 3 rings (SSSR count). The summed E-state index contributed by atoms with van der Waals surface area (Å²) in [5, 5.41) is 4.72. The van der Waals surface area contributed by atoms with Crippen LogP contribution >= 0.6 is 16.1 Å². The molecule has 1 atom stereocenters. The molecule has 0 aliphatic heterocycles. The Balaban J connectivity index is 2.09. The van der Waals surface area contributed by atoms with Crippen LogP contribution < -0.4 is 10.6 Å². The van der Waals surface area contributed by atoms with E-state index in [0.717, 1.165) is 8.19 Å². The molecule has 2 heteroatoms. The summed E-state index contributed by atoms with van der Waals surface area (Å²) in [5.41, 5.74) is 5.85. The van der Waals surface area contributed by atoms with Gasteiger partial charge in [-0.3, -0.25) is 0 Å². The van der Waals surface area contributed by atoms with Crippen molar-refractivity contribution in [1.29, 1.82) is 0 Å². The quantitative estimate of drug-likeness (QED) is 0.544. The van der Waals surface area contributed by atoms with Crippen LogP contribution in [0.4, 0.5) is 0 Å². The molecule has 2 aromatic carbocycles. The van der Waals surface area contributed by atoms with Crippen molar-refractivity contribution in [3.63, 3.8) is 0 Å². The first-order valence-corrected chi connectivity index (χ1v) is 10.7. The van der Waals surface area contributed by atoms with Crippen molar-refractivity contribution < 1.29 is 0 Å². The van der Waals surface area contributed by atoms with Crippen molar-refractivity contribution in [3.8, 4) is 0 Å². The van der Waals surface area contributed by atoms with Crippen molar-refractivity contribution in [2.75, 3.05) is 0 Å². The summed E-state index contributed by atoms with van der Waals surface area (Å²) < 4.78 is 0. The smallest absolute Gasteiger partial charge is 0.00454 e. The molecule has 0 saturated heterocycles. The van der Waals surface area contributed by atoms with Gasteiger partial charge in [0.1, 0.15) is 0 Å². The second kappa shape index (κ2) is 7.04. The summed E-state index contributed by atoms with van der Waals surface area (Å²) in [6, 6.07) is 17.9. The van der Waals surface area contributed by atoms with Gasteiger partial charge in [0.2, 0.25) is 0 Å². The van der Waals surface area contributed by atoms with Crippen molar-refractivity contribution in [2.24, 2.45) is 0 Å². The molecule has 1 aromatic heterocycles. The van der Waals surface area contributed by atoms with Gasteiger partial charge in [0.05, 0.1) is 0 Å². The molecule has 0 amide bonds. The average molecular weight is 338 g/mol. The van der Waals surface area contributed by atoms with Crippen molar-refractivity contribution in [1.82, 2.24) is 0 Å². The molecule has 0 N–H and O–H groups in total. The Hall–Kier alpha value is -1.35. The number of aryl methyl sites for hydroxylation is 3. The van der Waals surface area contributed by atoms with Gasteiger partial charge in [-0.05, 0) is 79.6 Å². The van der Waals surface area contributed by atoms with E-state index in [2.05, 4.69) is 82.0 Å². The molecule has 0 nitrogen and oxygen atoms in total. The van der Waals surface area contributed by atoms with Gasteiger partial charge >= 0.3 is 0 Å². The number of hydrogen-bond donors (Lipinski definition) is 0. The average Bonchev–Trinajstić information content (AvgIpc) is 2.86. The molecule has 0 fully saturated rings. The molecule has 0 bridgehead atoms. The fourth-order valence-electron chi connectivity index (χ4n) is 3.00. The van der Waals surface area contributed by atoms with Crippen LogP contribution in [0.1, 0.15) is 27.5 Å². The van der Waals surface area contributed by atoms with E-state index >= 15 is 0 Å². The zero-order valence-electron chi connectivity index (χ0n) is 14.4. The Bertz CT molecular complexity index is 769. The molecule has 0 aliphatic carbocycles. The lowest BCUT2D eigenvalue weighted by atomic mass is 10.2. The summed E-state index contributed by atoms with van der Waals surface area (Å²) in [4.78, 5) is 0. The third-order valence-corrected chi connectivity index (χ3v) is 9.21. The van der Waals surface area contributed by atoms with Crippen molar-refractivity contribution in [3.05, 3.63) is 81.9 Å². The summed E-state index contributed by atoms with van der Waals surface area (Å²) in [6.07, 6.45) is 1.20. The van der Waals surface area contributed by atoms with E-state index in [1.807, 2.05) is 0 Å². The summed E-state index contributed by atoms with van der Waals surface area (Å²) in [7, 11) is 0.537. The maximum Gasteiger partial charge on any atom is 0.00454 e. The van der Waals surface area contributed by atoms with Crippen LogP contribution in [0.5, 0.6) is 0 Å². The molecule has 0 spiro atoms. The topological polar surface area (TPSA) is 0 Å². The maximum atomic E-state index is 2.41. The van der Waals surface area contributed by atoms with E-state index in [-0.39, 0.29) is 7.92 Å². The van der Waals surface area contributed by atoms with Crippen LogP contribution in [-0.4, -0.2) is 0 Å². The molecular formula is C21H24P2. The van der Waals surface area contributed by atoms with E-state index in [1.165, 1.54) is 39.0 Å². The van der Waals surface area contributed by atoms with Gasteiger partial charge < -0.3 is 0 Å². The maximum absolute atomic E-state index is 2.41. The fraction of sp³-hybridized carbons (Fsp3) is 0.238. The van der Waals surface area contributed by atoms with Gasteiger partial charge in [-0.25, -0.2) is 0 Å². The third-order valence-electron chi connectivity index (χ3n) is 4.64. The van der Waals surface area contributed by atoms with Gasteiger partial charge in [0.15, 0.2) is 0 Å². The highest BCUT2D eigenvalue weighted by atomic mass is 31.1. The minimum atomic E-state index is -0.334. The van der Waals surface area contributed by atoms with Crippen LogP contribution in [0.3, 0.4) is 0 Å². The standard InChI is InChI=1S/C21H24P2/c1-15-9-5-7-11-20(15)23(21-12-8-6-10-16(21)2)14-19-18(4)17(3)13-22-19/h5-13,22H,14H2,1-4H3. The Morgan fingerprint density at radius 2 is 1.26 bits per heavy atom. The van der Waals surface area contributed by atoms with Crippen LogP contribution in [0.2, 0.25) is 0 Å². The van der Waals surface area contributed by atoms with Crippen LogP contribution in [-0.2, 0) is 6.16 Å². The van der Waals surface area contributed by atoms with Crippen LogP contribution in [0, 0.1) is 27.7 Å². The lowest BCUT2D eigenvalue weighted by molar-refractivity contribution is 1.33. The van der Waals surface area contributed by atoms with E-state index in [0.29, 0.717) is 0 Å². The zero-order valence-corrected chi connectivity index (χ0v) is 16.2. The second-order valence-electron chi connectivity index (χ2n) is 6.23. The first-order chi connectivity index (χ1) is 11.1. The van der Waals surface area contributed by atoms with E-state index in [4.69, 9.17) is 0 Å². The highest BCUT2D eigenvalue weighted by molar-refractivity contribution is 7.72. The first kappa shape index (κ1) is 16.5.